The number of allylic oxidation sites excluding steroid dienone is 1. The molecule has 2 aromatic heterocycles. The minimum absolute atomic E-state index is 0.143. The van der Waals surface area contributed by atoms with Gasteiger partial charge in [0.15, 0.2) is 15.8 Å². The van der Waals surface area contributed by atoms with Crippen LogP contribution >= 0.6 is 34.7 Å². The maximum absolute atomic E-state index is 14.3. The molecule has 0 fully saturated rings. The largest absolute Gasteiger partial charge is 0.497 e. The second-order valence-electron chi connectivity index (χ2n) is 10.7. The molecule has 15 heteroatoms. The van der Waals surface area contributed by atoms with Crippen LogP contribution in [0.4, 0.5) is 5.69 Å². The number of carbonyl (C=O) groups is 1. The average Bonchev–Trinajstić information content (AvgIpc) is 3.64. The molecule has 0 aliphatic carbocycles. The number of benzene rings is 3. The van der Waals surface area contributed by atoms with Crippen molar-refractivity contribution in [2.24, 2.45) is 4.99 Å². The van der Waals surface area contributed by atoms with Gasteiger partial charge in [-0.1, -0.05) is 47.2 Å². The minimum Gasteiger partial charge on any atom is -0.497 e. The molecule has 6 rings (SSSR count). The molecule has 3 heterocycles. The van der Waals surface area contributed by atoms with Crippen LogP contribution in [0.1, 0.15) is 37.9 Å². The summed E-state index contributed by atoms with van der Waals surface area (Å²) in [6.07, 6.45) is 1.61. The topological polar surface area (TPSA) is 144 Å². The van der Waals surface area contributed by atoms with E-state index in [-0.39, 0.29) is 22.4 Å². The van der Waals surface area contributed by atoms with E-state index in [9.17, 15) is 19.7 Å². The molecule has 5 aromatic rings. The standard InChI is InChI=1S/C34H29ClN6O6S2/c1-5-39-30(21-10-7-11-23(35)15-21)37-38-34(39)48-26-14-13-24(41(44)45)16-22(26)18-27-31(42)40-29(20-9-8-12-25(17-20)46-4)28(32(43)47-6-2)19(3)36-33(40)49-27/h7-18,29H,5-6H2,1-4H3/b27-18+/t29-/m0/s1. The fourth-order valence-corrected chi connectivity index (χ4v) is 7.71. The Labute approximate surface area is 293 Å². The third kappa shape index (κ3) is 6.67. The first-order chi connectivity index (χ1) is 23.6. The Morgan fingerprint density at radius 3 is 2.63 bits per heavy atom. The molecule has 250 valence electrons. The number of nitro groups is 1. The van der Waals surface area contributed by atoms with Gasteiger partial charge in [0.1, 0.15) is 5.75 Å². The highest BCUT2D eigenvalue weighted by Gasteiger charge is 2.33. The molecule has 0 bridgehead atoms. The van der Waals surface area contributed by atoms with Crippen LogP contribution in [0.2, 0.25) is 5.02 Å². The molecule has 0 saturated carbocycles. The highest BCUT2D eigenvalue weighted by Crippen LogP contribution is 2.35. The van der Waals surface area contributed by atoms with Crippen LogP contribution in [0.5, 0.6) is 5.75 Å². The van der Waals surface area contributed by atoms with Gasteiger partial charge in [-0.15, -0.1) is 10.2 Å². The summed E-state index contributed by atoms with van der Waals surface area (Å²) in [7, 11) is 1.54. The first-order valence-corrected chi connectivity index (χ1v) is 17.1. The van der Waals surface area contributed by atoms with Crippen LogP contribution in [0.25, 0.3) is 17.5 Å². The smallest absolute Gasteiger partial charge is 0.338 e. The summed E-state index contributed by atoms with van der Waals surface area (Å²) in [6, 6.07) is 18.0. The number of nitrogens with zero attached hydrogens (tertiary/aromatic N) is 6. The number of non-ortho nitro benzene ring substituents is 1. The molecular weight excluding hydrogens is 688 g/mol. The normalized spacial score (nSPS) is 14.4. The van der Waals surface area contributed by atoms with Gasteiger partial charge in [-0.2, -0.15) is 0 Å². The Morgan fingerprint density at radius 1 is 1.12 bits per heavy atom. The van der Waals surface area contributed by atoms with E-state index in [1.54, 1.807) is 62.4 Å². The zero-order valence-corrected chi connectivity index (χ0v) is 29.1. The number of hydrogen-bond acceptors (Lipinski definition) is 11. The Morgan fingerprint density at radius 2 is 1.92 bits per heavy atom. The highest BCUT2D eigenvalue weighted by molar-refractivity contribution is 7.99. The molecule has 0 radical (unpaired) electrons. The Bertz CT molecular complexity index is 2330. The monoisotopic (exact) mass is 716 g/mol. The van der Waals surface area contributed by atoms with Gasteiger partial charge in [-0.3, -0.25) is 19.5 Å². The number of nitro benzene ring substituents is 1. The molecule has 1 aliphatic heterocycles. The quantitative estimate of drug-likeness (QED) is 0.0996. The number of thiazole rings is 1. The number of halogens is 1. The molecule has 12 nitrogen and oxygen atoms in total. The van der Waals surface area contributed by atoms with Crippen LogP contribution in [-0.4, -0.2) is 43.9 Å². The number of aromatic nitrogens is 4. The third-order valence-corrected chi connectivity index (χ3v) is 10.0. The Kier molecular flexibility index (Phi) is 9.81. The van der Waals surface area contributed by atoms with Crippen LogP contribution in [0.3, 0.4) is 0 Å². The average molecular weight is 717 g/mol. The van der Waals surface area contributed by atoms with Crippen molar-refractivity contribution in [1.82, 2.24) is 19.3 Å². The summed E-state index contributed by atoms with van der Waals surface area (Å²) < 4.78 is 14.5. The molecule has 0 N–H and O–H groups in total. The van der Waals surface area contributed by atoms with E-state index in [0.29, 0.717) is 54.8 Å². The zero-order chi connectivity index (χ0) is 34.8. The van der Waals surface area contributed by atoms with E-state index in [1.807, 2.05) is 23.6 Å². The van der Waals surface area contributed by atoms with Crippen LogP contribution in [-0.2, 0) is 16.1 Å². The van der Waals surface area contributed by atoms with Gasteiger partial charge in [0.2, 0.25) is 0 Å². The summed E-state index contributed by atoms with van der Waals surface area (Å²) in [5.41, 5.74) is 1.93. The predicted octanol–water partition coefficient (Wildman–Crippen LogP) is 5.80. The molecule has 0 spiro atoms. The fraction of sp³-hybridized carbons (Fsp3) is 0.206. The van der Waals surface area contributed by atoms with Gasteiger partial charge in [0, 0.05) is 34.2 Å². The first kappa shape index (κ1) is 33.8. The number of esters is 1. The maximum atomic E-state index is 14.3. The lowest BCUT2D eigenvalue weighted by Crippen LogP contribution is -2.39. The first-order valence-electron chi connectivity index (χ1n) is 15.1. The second kappa shape index (κ2) is 14.2. The van der Waals surface area contributed by atoms with E-state index in [4.69, 9.17) is 21.1 Å². The number of methoxy groups -OCH3 is 1. The molecule has 0 unspecified atom stereocenters. The van der Waals surface area contributed by atoms with Gasteiger partial charge in [-0.25, -0.2) is 9.79 Å². The lowest BCUT2D eigenvalue weighted by molar-refractivity contribution is -0.384. The van der Waals surface area contributed by atoms with Crippen LogP contribution in [0, 0.1) is 10.1 Å². The second-order valence-corrected chi connectivity index (χ2v) is 13.2. The SMILES string of the molecule is CCOC(=O)C1=C(C)N=c2s/c(=C/c3cc([N+](=O)[O-])ccc3Sc3nnc(-c4cccc(Cl)c4)n3CC)c(=O)n2[C@H]1c1cccc(OC)c1. The van der Waals surface area contributed by atoms with Gasteiger partial charge in [0.25, 0.3) is 11.2 Å². The lowest BCUT2D eigenvalue weighted by Gasteiger charge is -2.25. The van der Waals surface area contributed by atoms with Crippen molar-refractivity contribution in [2.75, 3.05) is 13.7 Å². The van der Waals surface area contributed by atoms with Crippen molar-refractivity contribution in [2.45, 2.75) is 43.4 Å². The van der Waals surface area contributed by atoms with Crippen molar-refractivity contribution in [3.63, 3.8) is 0 Å². The maximum Gasteiger partial charge on any atom is 0.338 e. The number of carbonyl (C=O) groups excluding carboxylic acids is 1. The Balaban J connectivity index is 1.50. The van der Waals surface area contributed by atoms with Crippen molar-refractivity contribution >= 4 is 52.4 Å². The molecule has 1 atom stereocenters. The molecular formula is C34H29ClN6O6S2. The summed E-state index contributed by atoms with van der Waals surface area (Å²) >= 11 is 8.62. The number of hydrogen-bond donors (Lipinski definition) is 0. The van der Waals surface area contributed by atoms with Gasteiger partial charge in [-0.05, 0) is 80.1 Å². The zero-order valence-electron chi connectivity index (χ0n) is 26.7. The summed E-state index contributed by atoms with van der Waals surface area (Å²) in [6.45, 7) is 6.06. The van der Waals surface area contributed by atoms with Gasteiger partial charge < -0.3 is 14.0 Å². The summed E-state index contributed by atoms with van der Waals surface area (Å²) in [5.74, 6) is 0.587. The van der Waals surface area contributed by atoms with E-state index in [1.165, 1.54) is 35.6 Å². The highest BCUT2D eigenvalue weighted by atomic mass is 35.5. The fourth-order valence-electron chi connectivity index (χ4n) is 5.50. The van der Waals surface area contributed by atoms with Crippen molar-refractivity contribution < 1.29 is 19.2 Å². The molecule has 0 saturated heterocycles. The van der Waals surface area contributed by atoms with Gasteiger partial charge in [0.05, 0.1) is 40.5 Å². The van der Waals surface area contributed by atoms with E-state index in [2.05, 4.69) is 15.2 Å². The summed E-state index contributed by atoms with van der Waals surface area (Å²) in [4.78, 5) is 44.5. The van der Waals surface area contributed by atoms with E-state index in [0.717, 1.165) is 16.9 Å². The predicted molar refractivity (Wildman–Crippen MR) is 187 cm³/mol. The van der Waals surface area contributed by atoms with Crippen molar-refractivity contribution in [3.05, 3.63) is 124 Å². The Hall–Kier alpha value is -5.05. The lowest BCUT2D eigenvalue weighted by atomic mass is 9.95. The summed E-state index contributed by atoms with van der Waals surface area (Å²) in [5, 5.41) is 21.8. The van der Waals surface area contributed by atoms with E-state index >= 15 is 0 Å². The minimum atomic E-state index is -0.848. The molecule has 49 heavy (non-hydrogen) atoms. The van der Waals surface area contributed by atoms with E-state index < -0.39 is 22.5 Å². The molecule has 0 amide bonds. The van der Waals surface area contributed by atoms with Crippen molar-refractivity contribution in [1.29, 1.82) is 0 Å². The third-order valence-electron chi connectivity index (χ3n) is 7.73. The number of rotatable bonds is 10. The molecule has 3 aromatic carbocycles. The van der Waals surface area contributed by atoms with Crippen LogP contribution in [0.15, 0.2) is 97.8 Å². The number of ether oxygens (including phenoxy) is 2. The van der Waals surface area contributed by atoms with Gasteiger partial charge >= 0.3 is 5.97 Å². The molecule has 1 aliphatic rings. The number of fused-ring (bicyclic) bond motifs is 1. The van der Waals surface area contributed by atoms with Crippen molar-refractivity contribution in [3.8, 4) is 17.1 Å². The van der Waals surface area contributed by atoms with Crippen LogP contribution < -0.4 is 19.6 Å².